The Morgan fingerprint density at radius 3 is 2.07 bits per heavy atom. The molecule has 46 heavy (non-hydrogen) atoms. The number of halogens is 4. The van der Waals surface area contributed by atoms with Gasteiger partial charge in [-0.15, -0.1) is 4.91 Å². The van der Waals surface area contributed by atoms with E-state index in [2.05, 4.69) is 39.1 Å². The van der Waals surface area contributed by atoms with E-state index in [1.807, 2.05) is 13.8 Å². The molecule has 0 aromatic heterocycles. The maximum Gasteiger partial charge on any atom is 0.165 e. The van der Waals surface area contributed by atoms with Gasteiger partial charge in [0.15, 0.2) is 5.78 Å². The van der Waals surface area contributed by atoms with Crippen molar-refractivity contribution in [3.8, 4) is 11.8 Å². The third-order valence-electron chi connectivity index (χ3n) is 7.03. The van der Waals surface area contributed by atoms with E-state index >= 15 is 0 Å². The van der Waals surface area contributed by atoms with Gasteiger partial charge >= 0.3 is 0 Å². The first-order chi connectivity index (χ1) is 21.5. The minimum absolute atomic E-state index is 0.0385. The van der Waals surface area contributed by atoms with Crippen LogP contribution in [0.1, 0.15) is 88.2 Å². The van der Waals surface area contributed by atoms with Crippen LogP contribution in [0.3, 0.4) is 0 Å². The van der Waals surface area contributed by atoms with Crippen LogP contribution < -0.4 is 9.75 Å². The fourth-order valence-electron chi connectivity index (χ4n) is 4.76. The third-order valence-corrected chi connectivity index (χ3v) is 7.61. The lowest BCUT2D eigenvalue weighted by atomic mass is 9.82. The molecule has 0 heterocycles. The number of ketones is 1. The minimum Gasteiger partial charge on any atom is -0.494 e. The molecule has 3 aromatic carbocycles. The molecule has 0 aliphatic heterocycles. The molecule has 0 saturated carbocycles. The van der Waals surface area contributed by atoms with Gasteiger partial charge < -0.3 is 4.74 Å². The Balaban J connectivity index is 0.000000368. The van der Waals surface area contributed by atoms with Crippen molar-refractivity contribution in [2.24, 2.45) is 22.5 Å². The van der Waals surface area contributed by atoms with Crippen LogP contribution in [0.5, 0.6) is 5.75 Å². The number of Topliss-reactive ketones (excluding diaryl/α,β-unsaturated/α-hetero) is 1. The number of ether oxygens (including phenoxy) is 1. The number of nitroso groups, excluding NO2 is 1. The van der Waals surface area contributed by atoms with E-state index in [0.29, 0.717) is 40.5 Å². The summed E-state index contributed by atoms with van der Waals surface area (Å²) in [7, 11) is 3.01. The van der Waals surface area contributed by atoms with Crippen molar-refractivity contribution < 1.29 is 18.3 Å². The predicted octanol–water partition coefficient (Wildman–Crippen LogP) is 11.4. The summed E-state index contributed by atoms with van der Waals surface area (Å²) in [5, 5.41) is 13.5. The van der Waals surface area contributed by atoms with Crippen molar-refractivity contribution in [1.82, 2.24) is 0 Å². The number of aryl methyl sites for hydroxylation is 1. The maximum atomic E-state index is 14.0. The summed E-state index contributed by atoms with van der Waals surface area (Å²) < 4.78 is 31.7. The molecule has 6 nitrogen and oxygen atoms in total. The molecule has 2 atom stereocenters. The van der Waals surface area contributed by atoms with Gasteiger partial charge in [-0.2, -0.15) is 5.26 Å². The summed E-state index contributed by atoms with van der Waals surface area (Å²) in [5.74, 6) is -0.254. The number of anilines is 1. The van der Waals surface area contributed by atoms with Crippen LogP contribution in [0.25, 0.3) is 0 Å². The van der Waals surface area contributed by atoms with Crippen molar-refractivity contribution in [3.63, 3.8) is 0 Å². The van der Waals surface area contributed by atoms with E-state index in [-0.39, 0.29) is 33.0 Å². The van der Waals surface area contributed by atoms with E-state index in [0.717, 1.165) is 17.9 Å². The molecule has 10 heteroatoms. The van der Waals surface area contributed by atoms with Crippen molar-refractivity contribution in [2.75, 3.05) is 19.2 Å². The monoisotopic (exact) mass is 675 g/mol. The molecule has 3 rings (SSSR count). The Morgan fingerprint density at radius 2 is 1.59 bits per heavy atom. The fraction of sp³-hybridized carbons (Fsp3) is 0.444. The van der Waals surface area contributed by atoms with Gasteiger partial charge in [0.25, 0.3) is 0 Å². The highest BCUT2D eigenvalue weighted by Crippen LogP contribution is 2.32. The van der Waals surface area contributed by atoms with Crippen molar-refractivity contribution >= 4 is 34.7 Å². The molecule has 0 bridgehead atoms. The quantitative estimate of drug-likeness (QED) is 0.121. The molecule has 0 fully saturated rings. The zero-order valence-electron chi connectivity index (χ0n) is 28.1. The highest BCUT2D eigenvalue weighted by molar-refractivity contribution is 6.31. The summed E-state index contributed by atoms with van der Waals surface area (Å²) in [6, 6.07) is 16.9. The van der Waals surface area contributed by atoms with E-state index in [1.165, 1.54) is 26.3 Å². The summed E-state index contributed by atoms with van der Waals surface area (Å²) in [5.41, 5.74) is 2.39. The highest BCUT2D eigenvalue weighted by atomic mass is 35.5. The normalized spacial score (nSPS) is 12.0. The van der Waals surface area contributed by atoms with Crippen LogP contribution in [0, 0.1) is 52.0 Å². The number of benzene rings is 3. The lowest BCUT2D eigenvalue weighted by Gasteiger charge is -2.23. The summed E-state index contributed by atoms with van der Waals surface area (Å²) in [4.78, 5) is 22.3. The minimum atomic E-state index is -0.454. The number of methoxy groups -OCH3 is 1. The molecule has 0 radical (unpaired) electrons. The largest absolute Gasteiger partial charge is 0.494 e. The molecular formula is C36H45Cl2F2N3O3. The molecule has 0 N–H and O–H groups in total. The second kappa shape index (κ2) is 19.2. The summed E-state index contributed by atoms with van der Waals surface area (Å²) >= 11 is 11.2. The lowest BCUT2D eigenvalue weighted by Crippen LogP contribution is -2.12. The Hall–Kier alpha value is -3.54. The zero-order chi connectivity index (χ0) is 35.2. The van der Waals surface area contributed by atoms with Gasteiger partial charge in [-0.1, -0.05) is 89.0 Å². The number of nitrogens with zero attached hydrogens (tertiary/aromatic N) is 3. The van der Waals surface area contributed by atoms with Crippen molar-refractivity contribution in [2.45, 2.75) is 73.6 Å². The first-order valence-electron chi connectivity index (χ1n) is 15.0. The summed E-state index contributed by atoms with van der Waals surface area (Å²) in [6.45, 7) is 14.2. The van der Waals surface area contributed by atoms with E-state index in [1.54, 1.807) is 49.4 Å². The van der Waals surface area contributed by atoms with Crippen LogP contribution >= 0.6 is 23.2 Å². The maximum absolute atomic E-state index is 14.0. The number of nitriles is 1. The van der Waals surface area contributed by atoms with Crippen molar-refractivity contribution in [1.29, 1.82) is 5.26 Å². The second-order valence-electron chi connectivity index (χ2n) is 12.7. The number of hydrogen-bond donors (Lipinski definition) is 0. The van der Waals surface area contributed by atoms with E-state index in [9.17, 15) is 23.7 Å². The Labute approximate surface area is 282 Å². The average molecular weight is 677 g/mol. The third kappa shape index (κ3) is 13.1. The number of carbonyl (C=O) groups is 1. The molecule has 0 amide bonds. The van der Waals surface area contributed by atoms with Gasteiger partial charge in [0.2, 0.25) is 0 Å². The van der Waals surface area contributed by atoms with Crippen molar-refractivity contribution in [3.05, 3.63) is 97.9 Å². The van der Waals surface area contributed by atoms with Crippen LogP contribution in [0.15, 0.2) is 59.9 Å². The van der Waals surface area contributed by atoms with Gasteiger partial charge in [-0.3, -0.25) is 4.79 Å². The number of carbonyl (C=O) groups excluding carboxylic acids is 1. The first kappa shape index (κ1) is 40.5. The SMILES string of the molecule is CC(CCC(C#N)c1cccc(Cl)c1F)CC(C)(C)C.COc1cc(C(=O)C(C)C)ccc1N(C)N=O.Cc1cccc(Cl)c1F. The van der Waals surface area contributed by atoms with E-state index < -0.39 is 11.7 Å². The predicted molar refractivity (Wildman–Crippen MR) is 185 cm³/mol. The van der Waals surface area contributed by atoms with Gasteiger partial charge in [0, 0.05) is 24.1 Å². The first-order valence-corrected chi connectivity index (χ1v) is 15.8. The molecule has 0 saturated heterocycles. The second-order valence-corrected chi connectivity index (χ2v) is 13.5. The Kier molecular flexibility index (Phi) is 16.9. The molecule has 0 aliphatic carbocycles. The highest BCUT2D eigenvalue weighted by Gasteiger charge is 2.20. The molecule has 0 aliphatic rings. The van der Waals surface area contributed by atoms with Gasteiger partial charge in [0.05, 0.1) is 34.4 Å². The number of rotatable bonds is 10. The molecule has 0 spiro atoms. The fourth-order valence-corrected chi connectivity index (χ4v) is 5.17. The van der Waals surface area contributed by atoms with Crippen LogP contribution in [0.4, 0.5) is 14.5 Å². The average Bonchev–Trinajstić information content (AvgIpc) is 3.00. The van der Waals surface area contributed by atoms with Gasteiger partial charge in [-0.05, 0) is 73.4 Å². The Morgan fingerprint density at radius 1 is 1.00 bits per heavy atom. The standard InChI is InChI=1S/C17H23ClFN.C12H16N2O3.C7H6ClF/c1-12(10-17(2,3)4)8-9-13(11-20)14-6-5-7-15(18)16(14)19;1-8(2)12(15)9-5-6-10(14(3)13-16)11(7-9)17-4;1-5-3-2-4-6(8)7(5)9/h5-7,12-13H,8-10H2,1-4H3;5-8H,1-4H3;2-4H,1H3. The number of hydrogen-bond acceptors (Lipinski definition) is 5. The molecule has 2 unspecified atom stereocenters. The molecule has 3 aromatic rings. The van der Waals surface area contributed by atoms with Crippen LogP contribution in [-0.2, 0) is 0 Å². The Bertz CT molecular complexity index is 1470. The smallest absolute Gasteiger partial charge is 0.165 e. The van der Waals surface area contributed by atoms with Crippen LogP contribution in [-0.4, -0.2) is 19.9 Å². The van der Waals surface area contributed by atoms with E-state index in [4.69, 9.17) is 27.9 Å². The van der Waals surface area contributed by atoms with Gasteiger partial charge in [0.1, 0.15) is 23.1 Å². The topological polar surface area (TPSA) is 82.8 Å². The molecule has 250 valence electrons. The summed E-state index contributed by atoms with van der Waals surface area (Å²) in [6.07, 6.45) is 2.69. The zero-order valence-corrected chi connectivity index (χ0v) is 29.6. The molecular weight excluding hydrogens is 631 g/mol. The van der Waals surface area contributed by atoms with Gasteiger partial charge in [-0.25, -0.2) is 13.8 Å². The van der Waals surface area contributed by atoms with Crippen LogP contribution in [0.2, 0.25) is 10.0 Å². The lowest BCUT2D eigenvalue weighted by molar-refractivity contribution is 0.0939.